The predicted molar refractivity (Wildman–Crippen MR) is 201 cm³/mol. The van der Waals surface area contributed by atoms with Crippen molar-refractivity contribution in [3.8, 4) is 5.75 Å². The largest absolute Gasteiger partial charge is 0.487 e. The molecular formula is C40H56ClN3O6S. The zero-order valence-corrected chi connectivity index (χ0v) is 32.3. The van der Waals surface area contributed by atoms with E-state index in [1.807, 2.05) is 37.3 Å². The highest BCUT2D eigenvalue weighted by atomic mass is 35.5. The van der Waals surface area contributed by atoms with Crippen LogP contribution < -0.4 is 14.4 Å². The molecule has 4 aliphatic heterocycles. The first-order valence-electron chi connectivity index (χ1n) is 19.2. The summed E-state index contributed by atoms with van der Waals surface area (Å²) < 4.78 is 49.2. The molecule has 9 nitrogen and oxygen atoms in total. The summed E-state index contributed by atoms with van der Waals surface area (Å²) in [4.78, 5) is 18.5. The fourth-order valence-electron chi connectivity index (χ4n) is 9.10. The molecule has 0 unspecified atom stereocenters. The number of benzene rings is 2. The Kier molecular flexibility index (Phi) is 11.0. The maximum Gasteiger partial charge on any atom is 0.264 e. The van der Waals surface area contributed by atoms with Crippen molar-refractivity contribution in [2.75, 3.05) is 37.7 Å². The molecular weight excluding hydrogens is 686 g/mol. The maximum atomic E-state index is 13.6. The lowest BCUT2D eigenvalue weighted by Crippen LogP contribution is -2.64. The molecule has 0 aromatic heterocycles. The van der Waals surface area contributed by atoms with Crippen LogP contribution in [0.25, 0.3) is 0 Å². The molecule has 2 bridgehead atoms. The van der Waals surface area contributed by atoms with Gasteiger partial charge in [0.15, 0.2) is 6.29 Å². The first-order chi connectivity index (χ1) is 24.4. The Morgan fingerprint density at radius 2 is 1.71 bits per heavy atom. The first kappa shape index (κ1) is 37.0. The van der Waals surface area contributed by atoms with E-state index in [1.165, 1.54) is 12.0 Å². The molecule has 51 heavy (non-hydrogen) atoms. The lowest BCUT2D eigenvalue weighted by atomic mass is 9.65. The van der Waals surface area contributed by atoms with Crippen molar-refractivity contribution in [1.29, 1.82) is 0 Å². The fourth-order valence-corrected chi connectivity index (χ4v) is 10.6. The molecule has 1 saturated carbocycles. The van der Waals surface area contributed by atoms with Gasteiger partial charge in [-0.2, -0.15) is 0 Å². The summed E-state index contributed by atoms with van der Waals surface area (Å²) in [6.07, 6.45) is 8.57. The topological polar surface area (TPSA) is 97.4 Å². The van der Waals surface area contributed by atoms with Gasteiger partial charge < -0.3 is 19.1 Å². The van der Waals surface area contributed by atoms with Crippen LogP contribution >= 0.6 is 11.6 Å². The second kappa shape index (κ2) is 15.2. The number of likely N-dealkylation sites (tertiary alicyclic amines) is 1. The molecule has 2 aromatic rings. The first-order valence-corrected chi connectivity index (χ1v) is 21.2. The Balaban J connectivity index is 1.19. The second-order valence-corrected chi connectivity index (χ2v) is 19.0. The molecule has 5 aliphatic rings. The van der Waals surface area contributed by atoms with Crippen molar-refractivity contribution in [2.24, 2.45) is 23.7 Å². The van der Waals surface area contributed by atoms with Gasteiger partial charge in [0.1, 0.15) is 12.4 Å². The SMILES string of the molecule is C[C@@H]1[C@@H](C)CCC[C@@H]([C@H]2OC[C@@H](N3CCC3(C)C)CO2)[C@@H]2CC[C@H]2CN2CCCCc3cc(Cl)ccc3COc3ccc(cc32)C(=O)NS1(=O)=O. The Morgan fingerprint density at radius 3 is 2.41 bits per heavy atom. The number of anilines is 1. The van der Waals surface area contributed by atoms with Gasteiger partial charge in [0.25, 0.3) is 5.91 Å². The summed E-state index contributed by atoms with van der Waals surface area (Å²) in [6.45, 7) is 12.7. The number of halogens is 1. The number of nitrogens with zero attached hydrogens (tertiary/aromatic N) is 2. The summed E-state index contributed by atoms with van der Waals surface area (Å²) in [5.41, 5.74) is 3.63. The van der Waals surface area contributed by atoms with Gasteiger partial charge in [0.05, 0.1) is 30.2 Å². The van der Waals surface area contributed by atoms with E-state index in [2.05, 4.69) is 28.4 Å². The average Bonchev–Trinajstić information content (AvgIpc) is 3.11. The van der Waals surface area contributed by atoms with E-state index in [4.69, 9.17) is 25.8 Å². The highest BCUT2D eigenvalue weighted by molar-refractivity contribution is 7.90. The molecule has 0 radical (unpaired) electrons. The average molecular weight is 742 g/mol. The standard InChI is InChI=1S/C40H56ClN3O6S/c1-26-8-7-10-35(39-49-24-33(25-50-39)44-19-17-40(44,3)4)34-15-12-30(34)22-43-18-6-5-9-28-20-32(41)14-11-31(28)23-48-37-16-13-29(21-36(37)43)38(45)42-51(46,47)27(26)2/h11,13-14,16,20-21,26-27,30,33-35,39H,5-10,12,15,17-19,22-25H2,1-4H3,(H,42,45)/t26-,27+,30-,33-,34+,35+,39+/m0/s1. The second-order valence-electron chi connectivity index (χ2n) is 16.5. The van der Waals surface area contributed by atoms with Crippen molar-refractivity contribution in [3.63, 3.8) is 0 Å². The van der Waals surface area contributed by atoms with Crippen molar-refractivity contribution in [3.05, 3.63) is 58.1 Å². The van der Waals surface area contributed by atoms with Crippen LogP contribution in [0, 0.1) is 23.7 Å². The van der Waals surface area contributed by atoms with Gasteiger partial charge in [-0.25, -0.2) is 13.1 Å². The number of carbonyl (C=O) groups is 1. The minimum atomic E-state index is -3.91. The third-order valence-electron chi connectivity index (χ3n) is 12.9. The van der Waals surface area contributed by atoms with Gasteiger partial charge in [-0.05, 0) is 131 Å². The van der Waals surface area contributed by atoms with Crippen molar-refractivity contribution >= 4 is 33.2 Å². The van der Waals surface area contributed by atoms with Crippen molar-refractivity contribution < 1.29 is 27.4 Å². The number of ether oxygens (including phenoxy) is 3. The molecule has 5 atom stereocenters. The van der Waals surface area contributed by atoms with Gasteiger partial charge in [0.2, 0.25) is 10.0 Å². The van der Waals surface area contributed by atoms with E-state index in [9.17, 15) is 13.2 Å². The smallest absolute Gasteiger partial charge is 0.264 e. The summed E-state index contributed by atoms with van der Waals surface area (Å²) in [5, 5.41) is 0.00108. The molecule has 7 rings (SSSR count). The van der Waals surface area contributed by atoms with Crippen molar-refractivity contribution in [1.82, 2.24) is 9.62 Å². The zero-order chi connectivity index (χ0) is 35.9. The minimum absolute atomic E-state index is 0.124. The van der Waals surface area contributed by atoms with E-state index in [-0.39, 0.29) is 29.7 Å². The van der Waals surface area contributed by atoms with Crippen LogP contribution in [0.5, 0.6) is 5.75 Å². The Hall–Kier alpha value is -2.37. The summed E-state index contributed by atoms with van der Waals surface area (Å²) >= 11 is 6.39. The number of hydrogen-bond acceptors (Lipinski definition) is 8. The van der Waals surface area contributed by atoms with Crippen LogP contribution in [0.1, 0.15) is 101 Å². The predicted octanol–water partition coefficient (Wildman–Crippen LogP) is 7.20. The number of nitrogens with one attached hydrogen (secondary N) is 1. The highest BCUT2D eigenvalue weighted by Gasteiger charge is 2.46. The molecule has 1 aliphatic carbocycles. The van der Waals surface area contributed by atoms with E-state index < -0.39 is 21.2 Å². The molecule has 280 valence electrons. The Bertz CT molecular complexity index is 1680. The lowest BCUT2D eigenvalue weighted by Gasteiger charge is -2.54. The maximum absolute atomic E-state index is 13.6. The third kappa shape index (κ3) is 7.96. The number of hydrogen-bond donors (Lipinski definition) is 1. The number of sulfonamides is 1. The fraction of sp³-hybridized carbons (Fsp3) is 0.675. The van der Waals surface area contributed by atoms with Crippen LogP contribution in [0.4, 0.5) is 5.69 Å². The van der Waals surface area contributed by atoms with Gasteiger partial charge in [-0.3, -0.25) is 9.69 Å². The molecule has 2 saturated heterocycles. The molecule has 2 aromatic carbocycles. The van der Waals surface area contributed by atoms with Gasteiger partial charge in [0, 0.05) is 41.7 Å². The summed E-state index contributed by atoms with van der Waals surface area (Å²) in [6, 6.07) is 11.6. The highest BCUT2D eigenvalue weighted by Crippen LogP contribution is 2.47. The summed E-state index contributed by atoms with van der Waals surface area (Å²) in [7, 11) is -3.91. The number of aryl methyl sites for hydroxylation is 1. The van der Waals surface area contributed by atoms with Gasteiger partial charge >= 0.3 is 0 Å². The zero-order valence-electron chi connectivity index (χ0n) is 30.7. The quantitative estimate of drug-likeness (QED) is 0.346. The summed E-state index contributed by atoms with van der Waals surface area (Å²) in [5.74, 6) is 1.05. The monoisotopic (exact) mass is 741 g/mol. The molecule has 0 spiro atoms. The normalized spacial score (nSPS) is 33.2. The van der Waals surface area contributed by atoms with Crippen LogP contribution in [0.2, 0.25) is 5.02 Å². The number of amides is 1. The van der Waals surface area contributed by atoms with E-state index in [0.29, 0.717) is 43.0 Å². The molecule has 1 amide bonds. The lowest BCUT2D eigenvalue weighted by molar-refractivity contribution is -0.255. The van der Waals surface area contributed by atoms with Crippen LogP contribution in [-0.4, -0.2) is 75.2 Å². The minimum Gasteiger partial charge on any atom is -0.487 e. The van der Waals surface area contributed by atoms with Crippen LogP contribution in [0.3, 0.4) is 0 Å². The number of fused-ring (bicyclic) bond motifs is 3. The van der Waals surface area contributed by atoms with Crippen molar-refractivity contribution in [2.45, 2.75) is 115 Å². The Labute approximate surface area is 309 Å². The molecule has 4 heterocycles. The van der Waals surface area contributed by atoms with Gasteiger partial charge in [-0.15, -0.1) is 0 Å². The molecule has 1 N–H and O–H groups in total. The van der Waals surface area contributed by atoms with E-state index in [0.717, 1.165) is 87.3 Å². The number of rotatable bonds is 2. The Morgan fingerprint density at radius 1 is 0.902 bits per heavy atom. The van der Waals surface area contributed by atoms with Gasteiger partial charge in [-0.1, -0.05) is 31.0 Å². The molecule has 3 fully saturated rings. The van der Waals surface area contributed by atoms with Crippen LogP contribution in [-0.2, 0) is 32.5 Å². The van der Waals surface area contributed by atoms with E-state index in [1.54, 1.807) is 13.0 Å². The number of carbonyl (C=O) groups excluding carboxylic acids is 1. The van der Waals surface area contributed by atoms with Crippen LogP contribution in [0.15, 0.2) is 36.4 Å². The van der Waals surface area contributed by atoms with E-state index >= 15 is 0 Å². The molecule has 11 heteroatoms. The third-order valence-corrected chi connectivity index (χ3v) is 15.0.